The number of carbonyl (C=O) groups is 1. The van der Waals surface area contributed by atoms with Crippen LogP contribution in [0.25, 0.3) is 20.9 Å². The van der Waals surface area contributed by atoms with Crippen molar-refractivity contribution in [3.05, 3.63) is 151 Å². The fourth-order valence-corrected chi connectivity index (χ4v) is 5.85. The highest BCUT2D eigenvalue weighted by atomic mass is 16.5. The Hall–Kier alpha value is -6.00. The van der Waals surface area contributed by atoms with Gasteiger partial charge in [-0.15, -0.1) is 0 Å². The van der Waals surface area contributed by atoms with Crippen LogP contribution in [0.4, 0.5) is 0 Å². The molecule has 50 heavy (non-hydrogen) atoms. The number of azide groups is 2. The van der Waals surface area contributed by atoms with Crippen molar-refractivity contribution in [2.45, 2.75) is 44.0 Å². The van der Waals surface area contributed by atoms with Gasteiger partial charge in [-0.05, 0) is 81.7 Å². The number of rotatable bonds is 17. The fourth-order valence-electron chi connectivity index (χ4n) is 5.85. The van der Waals surface area contributed by atoms with E-state index >= 15 is 0 Å². The average Bonchev–Trinajstić information content (AvgIpc) is 3.54. The van der Waals surface area contributed by atoms with Crippen molar-refractivity contribution in [3.8, 4) is 11.5 Å². The molecule has 0 aliphatic carbocycles. The van der Waals surface area contributed by atoms with E-state index in [-0.39, 0.29) is 37.9 Å². The molecule has 13 heteroatoms. The van der Waals surface area contributed by atoms with Crippen molar-refractivity contribution in [2.24, 2.45) is 15.2 Å². The molecule has 0 unspecified atom stereocenters. The Bertz CT molecular complexity index is 1890. The summed E-state index contributed by atoms with van der Waals surface area (Å²) in [5, 5.41) is 19.9. The lowest BCUT2D eigenvalue weighted by Gasteiger charge is -2.32. The van der Waals surface area contributed by atoms with Crippen molar-refractivity contribution in [1.29, 1.82) is 0 Å². The van der Waals surface area contributed by atoms with Gasteiger partial charge in [-0.25, -0.2) is 4.99 Å². The number of hydrogen-bond acceptors (Lipinski definition) is 8. The van der Waals surface area contributed by atoms with Crippen LogP contribution in [-0.2, 0) is 35.5 Å². The Morgan fingerprint density at radius 2 is 1.54 bits per heavy atom. The lowest BCUT2D eigenvalue weighted by Crippen LogP contribution is -2.50. The maximum Gasteiger partial charge on any atom is 0.252 e. The fraction of sp³-hybridized carbons (Fsp3) is 0.297. The summed E-state index contributed by atoms with van der Waals surface area (Å²) in [6, 6.07) is 29.7. The zero-order chi connectivity index (χ0) is 35.2. The molecule has 2 N–H and O–H groups in total. The van der Waals surface area contributed by atoms with Gasteiger partial charge in [0.2, 0.25) is 5.90 Å². The molecule has 0 saturated heterocycles. The van der Waals surface area contributed by atoms with E-state index in [2.05, 4.69) is 25.4 Å². The van der Waals surface area contributed by atoms with Gasteiger partial charge in [0.15, 0.2) is 11.6 Å². The van der Waals surface area contributed by atoms with Crippen LogP contribution in [0.1, 0.15) is 45.9 Å². The minimum absolute atomic E-state index is 0.0293. The van der Waals surface area contributed by atoms with E-state index in [4.69, 9.17) is 35.4 Å². The smallest absolute Gasteiger partial charge is 0.252 e. The average molecular weight is 675 g/mol. The highest BCUT2D eigenvalue weighted by molar-refractivity contribution is 6.01. The summed E-state index contributed by atoms with van der Waals surface area (Å²) in [6.07, 6.45) is 0.264. The van der Waals surface area contributed by atoms with Crippen LogP contribution in [0, 0.1) is 0 Å². The summed E-state index contributed by atoms with van der Waals surface area (Å²) in [5.74, 6) is 1.26. The summed E-state index contributed by atoms with van der Waals surface area (Å²) in [4.78, 5) is 25.8. The second kappa shape index (κ2) is 17.4. The highest BCUT2D eigenvalue weighted by Crippen LogP contribution is 2.44. The van der Waals surface area contributed by atoms with Crippen LogP contribution in [0.3, 0.4) is 0 Å². The van der Waals surface area contributed by atoms with E-state index < -0.39 is 11.6 Å². The zero-order valence-corrected chi connectivity index (χ0v) is 27.7. The number of aliphatic imine (C=N–C) groups is 1. The van der Waals surface area contributed by atoms with Crippen LogP contribution in [0.15, 0.2) is 112 Å². The maximum atomic E-state index is 14.8. The molecule has 5 rings (SSSR count). The number of nitrogens with one attached hydrogen (secondary N) is 1. The Labute approximate surface area is 289 Å². The maximum absolute atomic E-state index is 14.8. The first-order chi connectivity index (χ1) is 24.5. The molecular weight excluding hydrogens is 636 g/mol. The van der Waals surface area contributed by atoms with Crippen LogP contribution >= 0.6 is 0 Å². The number of aliphatic hydroxyl groups is 1. The number of benzene rings is 4. The molecule has 2 atom stereocenters. The Kier molecular flexibility index (Phi) is 12.3. The Morgan fingerprint density at radius 1 is 0.900 bits per heavy atom. The van der Waals surface area contributed by atoms with Crippen LogP contribution in [0.5, 0.6) is 11.5 Å². The number of methoxy groups -OCH3 is 1. The number of hydrogen-bond donors (Lipinski definition) is 2. The summed E-state index contributed by atoms with van der Waals surface area (Å²) in [5.41, 5.74) is 21.2. The molecule has 1 amide bonds. The molecule has 1 aliphatic heterocycles. The van der Waals surface area contributed by atoms with Gasteiger partial charge >= 0.3 is 0 Å². The zero-order valence-electron chi connectivity index (χ0n) is 27.7. The molecule has 4 aromatic rings. The minimum atomic E-state index is -1.52. The van der Waals surface area contributed by atoms with Crippen molar-refractivity contribution < 1.29 is 24.1 Å². The van der Waals surface area contributed by atoms with Gasteiger partial charge in [0.05, 0.1) is 26.8 Å². The standard InChI is InChI=1S/C37H38N8O5/c1-48-31-15-11-26(12-16-31)19-20-40-36(47)37(23-28-7-2-3-8-29(28)24-41-44-38)34(33-10-5-4-9-30(33)25-42-45-39)50-35(43-37)27-13-17-32(18-14-27)49-22-6-21-46/h2-5,7-18,34,46H,6,19-25H2,1H3,(H,40,47)/t34-,37-/m1/s1. The number of amides is 1. The molecule has 1 heterocycles. The van der Waals surface area contributed by atoms with Gasteiger partial charge in [0, 0.05) is 41.4 Å². The molecule has 1 aliphatic rings. The molecule has 0 saturated carbocycles. The molecule has 13 nitrogen and oxygen atoms in total. The number of carbonyl (C=O) groups excluding carboxylic acids is 1. The molecule has 4 aromatic carbocycles. The van der Waals surface area contributed by atoms with Gasteiger partial charge in [-0.2, -0.15) is 0 Å². The largest absolute Gasteiger partial charge is 0.497 e. The van der Waals surface area contributed by atoms with Crippen molar-refractivity contribution in [3.63, 3.8) is 0 Å². The van der Waals surface area contributed by atoms with E-state index in [1.54, 1.807) is 19.2 Å². The lowest BCUT2D eigenvalue weighted by atomic mass is 9.79. The number of ether oxygens (including phenoxy) is 3. The summed E-state index contributed by atoms with van der Waals surface area (Å²) in [6.45, 7) is 0.860. The molecule has 0 fully saturated rings. The van der Waals surface area contributed by atoms with E-state index in [0.29, 0.717) is 48.4 Å². The molecule has 0 bridgehead atoms. The molecule has 0 spiro atoms. The molecule has 0 aromatic heterocycles. The SMILES string of the molecule is COc1ccc(CCNC(=O)[C@]2(Cc3ccccc3CN=[N+]=[N-])N=C(c3ccc(OCCCO)cc3)O[C@@H]2c2ccccc2CN=[N+]=[N-])cc1. The normalized spacial score (nSPS) is 16.3. The quantitative estimate of drug-likeness (QED) is 0.0531. The van der Waals surface area contributed by atoms with Crippen LogP contribution < -0.4 is 14.8 Å². The van der Waals surface area contributed by atoms with Crippen LogP contribution in [0.2, 0.25) is 0 Å². The van der Waals surface area contributed by atoms with Crippen molar-refractivity contribution in [1.82, 2.24) is 5.32 Å². The summed E-state index contributed by atoms with van der Waals surface area (Å²) in [7, 11) is 1.61. The molecule has 0 radical (unpaired) electrons. The minimum Gasteiger partial charge on any atom is -0.497 e. The van der Waals surface area contributed by atoms with E-state index in [9.17, 15) is 4.79 Å². The van der Waals surface area contributed by atoms with Crippen molar-refractivity contribution in [2.75, 3.05) is 26.9 Å². The van der Waals surface area contributed by atoms with Gasteiger partial charge < -0.3 is 24.6 Å². The van der Waals surface area contributed by atoms with Gasteiger partial charge in [-0.1, -0.05) is 70.9 Å². The van der Waals surface area contributed by atoms with Crippen LogP contribution in [-0.4, -0.2) is 49.3 Å². The van der Waals surface area contributed by atoms with Crippen molar-refractivity contribution >= 4 is 11.8 Å². The predicted molar refractivity (Wildman–Crippen MR) is 189 cm³/mol. The first-order valence-electron chi connectivity index (χ1n) is 16.2. The number of aliphatic hydroxyl groups excluding tert-OH is 1. The molecule has 256 valence electrons. The summed E-state index contributed by atoms with van der Waals surface area (Å²) >= 11 is 0. The Balaban J connectivity index is 1.59. The second-order valence-corrected chi connectivity index (χ2v) is 11.6. The van der Waals surface area contributed by atoms with E-state index in [1.165, 1.54) is 0 Å². The first-order valence-corrected chi connectivity index (χ1v) is 16.2. The number of nitrogens with zero attached hydrogens (tertiary/aromatic N) is 7. The van der Waals surface area contributed by atoms with Gasteiger partial charge in [0.1, 0.15) is 11.5 Å². The monoisotopic (exact) mass is 674 g/mol. The Morgan fingerprint density at radius 3 is 2.22 bits per heavy atom. The lowest BCUT2D eigenvalue weighted by molar-refractivity contribution is -0.128. The first kappa shape index (κ1) is 35.3. The highest BCUT2D eigenvalue weighted by Gasteiger charge is 2.54. The third-order valence-corrected chi connectivity index (χ3v) is 8.41. The van der Waals surface area contributed by atoms with E-state index in [1.807, 2.05) is 84.9 Å². The van der Waals surface area contributed by atoms with E-state index in [0.717, 1.165) is 22.4 Å². The third-order valence-electron chi connectivity index (χ3n) is 8.41. The predicted octanol–water partition coefficient (Wildman–Crippen LogP) is 6.94. The van der Waals surface area contributed by atoms with Gasteiger partial charge in [0.25, 0.3) is 5.91 Å². The second-order valence-electron chi connectivity index (χ2n) is 11.6. The summed E-state index contributed by atoms with van der Waals surface area (Å²) < 4.78 is 17.7. The van der Waals surface area contributed by atoms with Gasteiger partial charge in [-0.3, -0.25) is 4.79 Å². The molecular formula is C37H38N8O5. The topological polar surface area (TPSA) is 187 Å². The third kappa shape index (κ3) is 8.53.